The number of carbonyl (C=O) groups is 1. The molecule has 4 heterocycles. The van der Waals surface area contributed by atoms with Crippen molar-refractivity contribution < 1.29 is 9.90 Å². The van der Waals surface area contributed by atoms with Gasteiger partial charge in [-0.15, -0.1) is 0 Å². The zero-order chi connectivity index (χ0) is 21.7. The van der Waals surface area contributed by atoms with E-state index in [4.69, 9.17) is 5.10 Å². The maximum atomic E-state index is 12.9. The van der Waals surface area contributed by atoms with E-state index in [9.17, 15) is 9.90 Å². The summed E-state index contributed by atoms with van der Waals surface area (Å²) in [5.74, 6) is -0.297. The Labute approximate surface area is 179 Å². The van der Waals surface area contributed by atoms with Gasteiger partial charge < -0.3 is 20.3 Å². The Kier molecular flexibility index (Phi) is 4.62. The third-order valence-corrected chi connectivity index (χ3v) is 5.95. The molecule has 1 aliphatic carbocycles. The van der Waals surface area contributed by atoms with Gasteiger partial charge in [0.1, 0.15) is 5.65 Å². The summed E-state index contributed by atoms with van der Waals surface area (Å²) in [6, 6.07) is 5.89. The first-order chi connectivity index (χ1) is 15.0. The van der Waals surface area contributed by atoms with Crippen molar-refractivity contribution in [3.8, 4) is 11.3 Å². The van der Waals surface area contributed by atoms with Gasteiger partial charge in [0.15, 0.2) is 11.3 Å². The number of fused-ring (bicyclic) bond motifs is 2. The number of rotatable bonds is 5. The second kappa shape index (κ2) is 7.35. The summed E-state index contributed by atoms with van der Waals surface area (Å²) in [6.07, 6.45) is 6.34. The van der Waals surface area contributed by atoms with Gasteiger partial charge in [0.2, 0.25) is 0 Å². The first-order valence-electron chi connectivity index (χ1n) is 10.5. The summed E-state index contributed by atoms with van der Waals surface area (Å²) in [7, 11) is 1.82. The van der Waals surface area contributed by atoms with Gasteiger partial charge in [0.05, 0.1) is 29.7 Å². The number of anilines is 1. The molecule has 1 fully saturated rings. The van der Waals surface area contributed by atoms with Crippen molar-refractivity contribution >= 4 is 28.3 Å². The maximum absolute atomic E-state index is 12.9. The van der Waals surface area contributed by atoms with E-state index in [2.05, 4.69) is 45.2 Å². The number of hydrogen-bond donors (Lipinski definition) is 3. The van der Waals surface area contributed by atoms with Crippen LogP contribution in [0.4, 0.5) is 5.69 Å². The largest absolute Gasteiger partial charge is 0.391 e. The molecule has 0 saturated heterocycles. The Morgan fingerprint density at radius 2 is 2.10 bits per heavy atom. The fourth-order valence-electron chi connectivity index (χ4n) is 4.01. The number of aliphatic hydroxyl groups is 1. The minimum Gasteiger partial charge on any atom is -0.391 e. The van der Waals surface area contributed by atoms with E-state index in [1.54, 1.807) is 10.7 Å². The number of carbonyl (C=O) groups excluding carboxylic acids is 1. The van der Waals surface area contributed by atoms with Gasteiger partial charge >= 0.3 is 0 Å². The lowest BCUT2D eigenvalue weighted by molar-refractivity contribution is 0.0445. The molecule has 160 valence electrons. The second-order valence-electron chi connectivity index (χ2n) is 8.22. The average molecular weight is 419 g/mol. The van der Waals surface area contributed by atoms with E-state index in [0.717, 1.165) is 28.7 Å². The second-order valence-corrected chi connectivity index (χ2v) is 8.22. The van der Waals surface area contributed by atoms with Gasteiger partial charge in [0, 0.05) is 36.4 Å². The van der Waals surface area contributed by atoms with Crippen LogP contribution in [0, 0.1) is 0 Å². The Morgan fingerprint density at radius 3 is 2.77 bits per heavy atom. The molecule has 0 bridgehead atoms. The molecule has 1 amide bonds. The van der Waals surface area contributed by atoms with E-state index < -0.39 is 6.10 Å². The van der Waals surface area contributed by atoms with Crippen molar-refractivity contribution in [2.24, 2.45) is 0 Å². The zero-order valence-electron chi connectivity index (χ0n) is 17.7. The van der Waals surface area contributed by atoms with E-state index in [-0.39, 0.29) is 18.0 Å². The molecule has 1 aliphatic rings. The number of amides is 1. The molecule has 5 rings (SSSR count). The predicted molar refractivity (Wildman–Crippen MR) is 118 cm³/mol. The molecule has 3 N–H and O–H groups in total. The molecule has 31 heavy (non-hydrogen) atoms. The highest BCUT2D eigenvalue weighted by atomic mass is 16.3. The minimum atomic E-state index is -0.491. The first kappa shape index (κ1) is 19.5. The van der Waals surface area contributed by atoms with Crippen molar-refractivity contribution in [3.63, 3.8) is 0 Å². The highest BCUT2D eigenvalue weighted by Gasteiger charge is 2.31. The maximum Gasteiger partial charge on any atom is 0.271 e. The third kappa shape index (κ3) is 3.12. The molecule has 9 nitrogen and oxygen atoms in total. The van der Waals surface area contributed by atoms with Crippen LogP contribution in [0.25, 0.3) is 27.9 Å². The third-order valence-electron chi connectivity index (χ3n) is 5.95. The number of pyridine rings is 1. The molecule has 0 aliphatic heterocycles. The van der Waals surface area contributed by atoms with E-state index >= 15 is 0 Å². The van der Waals surface area contributed by atoms with Crippen LogP contribution in [-0.2, 0) is 0 Å². The molecule has 9 heteroatoms. The number of nitrogens with one attached hydrogen (secondary N) is 2. The molecular formula is C22H25N7O2. The van der Waals surface area contributed by atoms with E-state index in [1.165, 1.54) is 6.20 Å². The molecule has 4 aromatic rings. The summed E-state index contributed by atoms with van der Waals surface area (Å²) in [6.45, 7) is 4.22. The Morgan fingerprint density at radius 1 is 1.26 bits per heavy atom. The lowest BCUT2D eigenvalue weighted by Crippen LogP contribution is -2.50. The van der Waals surface area contributed by atoms with Crippen molar-refractivity contribution in [2.45, 2.75) is 44.9 Å². The Bertz CT molecular complexity index is 1290. The van der Waals surface area contributed by atoms with Crippen molar-refractivity contribution in [1.29, 1.82) is 0 Å². The number of aliphatic hydroxyl groups excluding tert-OH is 1. The van der Waals surface area contributed by atoms with Crippen LogP contribution < -0.4 is 10.6 Å². The van der Waals surface area contributed by atoms with Gasteiger partial charge in [0.25, 0.3) is 5.91 Å². The van der Waals surface area contributed by atoms with Crippen molar-refractivity contribution in [1.82, 2.24) is 29.5 Å². The first-order valence-corrected chi connectivity index (χ1v) is 10.5. The number of imidazole rings is 1. The van der Waals surface area contributed by atoms with Gasteiger partial charge in [-0.3, -0.25) is 4.79 Å². The van der Waals surface area contributed by atoms with Crippen LogP contribution in [0.1, 0.15) is 43.2 Å². The molecule has 1 saturated carbocycles. The molecule has 4 aromatic heterocycles. The monoisotopic (exact) mass is 419 g/mol. The zero-order valence-corrected chi connectivity index (χ0v) is 17.7. The number of aromatic nitrogens is 5. The standard InChI is InChI=1S/C22H25N7O2/c1-12(2)28-11-14(13-5-4-8-24-20(13)28)16-9-17(23-3)21-25-10-18(29(21)27-16)22(31)26-15-6-7-19(15)30/h4-5,8-12,15,19,23,30H,6-7H2,1-3H3,(H,26,31). The Hall–Kier alpha value is -3.46. The summed E-state index contributed by atoms with van der Waals surface area (Å²) in [5, 5.41) is 21.6. The summed E-state index contributed by atoms with van der Waals surface area (Å²) in [4.78, 5) is 21.8. The van der Waals surface area contributed by atoms with Crippen LogP contribution in [0.3, 0.4) is 0 Å². The number of nitrogens with zero attached hydrogens (tertiary/aromatic N) is 5. The van der Waals surface area contributed by atoms with Crippen LogP contribution >= 0.6 is 0 Å². The quantitative estimate of drug-likeness (QED) is 0.459. The predicted octanol–water partition coefficient (Wildman–Crippen LogP) is 2.62. The highest BCUT2D eigenvalue weighted by molar-refractivity contribution is 5.96. The molecule has 0 spiro atoms. The fourth-order valence-corrected chi connectivity index (χ4v) is 4.01. The fraction of sp³-hybridized carbons (Fsp3) is 0.364. The van der Waals surface area contributed by atoms with Gasteiger partial charge in [-0.05, 0) is 44.9 Å². The van der Waals surface area contributed by atoms with Crippen molar-refractivity contribution in [2.75, 3.05) is 12.4 Å². The summed E-state index contributed by atoms with van der Waals surface area (Å²) < 4.78 is 3.69. The average Bonchev–Trinajstić information content (AvgIpc) is 3.37. The van der Waals surface area contributed by atoms with Gasteiger partial charge in [-0.1, -0.05) is 0 Å². The van der Waals surface area contributed by atoms with E-state index in [0.29, 0.717) is 23.5 Å². The number of hydrogen-bond acceptors (Lipinski definition) is 6. The lowest BCUT2D eigenvalue weighted by Gasteiger charge is -2.32. The summed E-state index contributed by atoms with van der Waals surface area (Å²) in [5.41, 5.74) is 4.20. The molecule has 2 unspecified atom stereocenters. The van der Waals surface area contributed by atoms with Crippen LogP contribution in [0.2, 0.25) is 0 Å². The van der Waals surface area contributed by atoms with Crippen LogP contribution in [-0.4, -0.2) is 54.4 Å². The SMILES string of the molecule is CNc1cc(-c2cn(C(C)C)c3ncccc23)nn2c(C(=O)NC3CCC3O)cnc12. The lowest BCUT2D eigenvalue weighted by atomic mass is 9.89. The van der Waals surface area contributed by atoms with Crippen molar-refractivity contribution in [3.05, 3.63) is 42.5 Å². The normalized spacial score (nSPS) is 18.5. The smallest absolute Gasteiger partial charge is 0.271 e. The van der Waals surface area contributed by atoms with E-state index in [1.807, 2.05) is 25.2 Å². The summed E-state index contributed by atoms with van der Waals surface area (Å²) >= 11 is 0. The molecule has 2 atom stereocenters. The van der Waals surface area contributed by atoms with Crippen LogP contribution in [0.5, 0.6) is 0 Å². The Balaban J connectivity index is 1.65. The van der Waals surface area contributed by atoms with Crippen LogP contribution in [0.15, 0.2) is 36.8 Å². The molecular weight excluding hydrogens is 394 g/mol. The molecule has 0 aromatic carbocycles. The topological polar surface area (TPSA) is 109 Å². The molecule has 0 radical (unpaired) electrons. The van der Waals surface area contributed by atoms with Gasteiger partial charge in [-0.25, -0.2) is 14.5 Å². The minimum absolute atomic E-state index is 0.222. The van der Waals surface area contributed by atoms with Gasteiger partial charge in [-0.2, -0.15) is 5.10 Å². The highest BCUT2D eigenvalue weighted by Crippen LogP contribution is 2.32.